The molecule has 0 aliphatic rings. The predicted molar refractivity (Wildman–Crippen MR) is 114 cm³/mol. The highest BCUT2D eigenvalue weighted by molar-refractivity contribution is 9.10. The van der Waals surface area contributed by atoms with Crippen LogP contribution in [0, 0.1) is 10.1 Å². The molecule has 0 bridgehead atoms. The van der Waals surface area contributed by atoms with Crippen LogP contribution < -0.4 is 5.32 Å². The van der Waals surface area contributed by atoms with Crippen molar-refractivity contribution < 1.29 is 19.2 Å². The number of anilines is 1. The molecule has 0 unspecified atom stereocenters. The van der Waals surface area contributed by atoms with Crippen molar-refractivity contribution in [2.75, 3.05) is 12.4 Å². The number of halogens is 1. The summed E-state index contributed by atoms with van der Waals surface area (Å²) in [5, 5.41) is 15.7. The lowest BCUT2D eigenvalue weighted by atomic mass is 10.0. The molecular weight excluding hydrogens is 460 g/mol. The molecule has 0 radical (unpaired) electrons. The lowest BCUT2D eigenvalue weighted by Crippen LogP contribution is -2.16. The number of rotatable bonds is 6. The molecule has 29 heavy (non-hydrogen) atoms. The highest BCUT2D eigenvalue weighted by atomic mass is 79.9. The van der Waals surface area contributed by atoms with E-state index in [1.54, 1.807) is 5.38 Å². The minimum Gasteiger partial charge on any atom is -0.465 e. The maximum Gasteiger partial charge on any atom is 0.341 e. The Morgan fingerprint density at radius 2 is 1.79 bits per heavy atom. The quantitative estimate of drug-likeness (QED) is 0.306. The number of amides is 1. The summed E-state index contributed by atoms with van der Waals surface area (Å²) in [5.74, 6) is -0.886. The SMILES string of the molecule is COC(=O)c1c(-c2ccc(Br)cc2)csc1NC(=O)Cc1ccc([N+](=O)[O-])cc1. The fourth-order valence-electron chi connectivity index (χ4n) is 2.69. The van der Waals surface area contributed by atoms with Crippen LogP contribution in [0.25, 0.3) is 11.1 Å². The van der Waals surface area contributed by atoms with E-state index in [0.717, 1.165) is 10.0 Å². The second-order valence-electron chi connectivity index (χ2n) is 6.00. The first-order valence-electron chi connectivity index (χ1n) is 8.38. The fourth-order valence-corrected chi connectivity index (χ4v) is 3.93. The van der Waals surface area contributed by atoms with Crippen molar-refractivity contribution in [1.82, 2.24) is 0 Å². The second-order valence-corrected chi connectivity index (χ2v) is 7.80. The number of nitro groups is 1. The minimum absolute atomic E-state index is 0.0180. The topological polar surface area (TPSA) is 98.5 Å². The van der Waals surface area contributed by atoms with Crippen LogP contribution in [0.4, 0.5) is 10.7 Å². The number of hydrogen-bond donors (Lipinski definition) is 1. The van der Waals surface area contributed by atoms with Gasteiger partial charge in [0.2, 0.25) is 5.91 Å². The van der Waals surface area contributed by atoms with Crippen LogP contribution in [0.2, 0.25) is 0 Å². The van der Waals surface area contributed by atoms with Crippen molar-refractivity contribution in [3.8, 4) is 11.1 Å². The predicted octanol–water partition coefficient (Wildman–Crippen LogP) is 5.05. The third-order valence-electron chi connectivity index (χ3n) is 4.10. The van der Waals surface area contributed by atoms with Gasteiger partial charge in [-0.05, 0) is 23.3 Å². The first kappa shape index (κ1) is 20.7. The van der Waals surface area contributed by atoms with Gasteiger partial charge in [-0.3, -0.25) is 14.9 Å². The van der Waals surface area contributed by atoms with E-state index in [2.05, 4.69) is 21.2 Å². The molecule has 0 saturated heterocycles. The Morgan fingerprint density at radius 1 is 1.14 bits per heavy atom. The van der Waals surface area contributed by atoms with E-state index in [4.69, 9.17) is 4.74 Å². The summed E-state index contributed by atoms with van der Waals surface area (Å²) in [6.07, 6.45) is 0.0180. The smallest absolute Gasteiger partial charge is 0.341 e. The second kappa shape index (κ2) is 8.97. The molecule has 1 amide bonds. The van der Waals surface area contributed by atoms with Crippen LogP contribution in [-0.4, -0.2) is 23.9 Å². The van der Waals surface area contributed by atoms with Crippen LogP contribution in [0.3, 0.4) is 0 Å². The summed E-state index contributed by atoms with van der Waals surface area (Å²) in [6, 6.07) is 13.2. The number of nitrogens with one attached hydrogen (secondary N) is 1. The van der Waals surface area contributed by atoms with Gasteiger partial charge in [0, 0.05) is 27.5 Å². The van der Waals surface area contributed by atoms with Crippen LogP contribution in [-0.2, 0) is 16.0 Å². The number of nitrogens with zero attached hydrogens (tertiary/aromatic N) is 1. The number of esters is 1. The number of nitro benzene ring substituents is 1. The number of thiophene rings is 1. The molecule has 1 aromatic heterocycles. The molecule has 9 heteroatoms. The Hall–Kier alpha value is -3.04. The molecular formula is C20H15BrN2O5S. The first-order chi connectivity index (χ1) is 13.9. The highest BCUT2D eigenvalue weighted by Gasteiger charge is 2.22. The molecule has 7 nitrogen and oxygen atoms in total. The molecule has 0 spiro atoms. The van der Waals surface area contributed by atoms with Gasteiger partial charge in [0.05, 0.1) is 18.5 Å². The van der Waals surface area contributed by atoms with Gasteiger partial charge in [0.15, 0.2) is 0 Å². The Balaban J connectivity index is 1.82. The molecule has 0 aliphatic carbocycles. The zero-order chi connectivity index (χ0) is 21.0. The van der Waals surface area contributed by atoms with Crippen molar-refractivity contribution in [2.24, 2.45) is 0 Å². The number of carbonyl (C=O) groups excluding carboxylic acids is 2. The summed E-state index contributed by atoms with van der Waals surface area (Å²) in [6.45, 7) is 0. The number of carbonyl (C=O) groups is 2. The Morgan fingerprint density at radius 3 is 2.38 bits per heavy atom. The van der Waals surface area contributed by atoms with Gasteiger partial charge in [0.25, 0.3) is 5.69 Å². The summed E-state index contributed by atoms with van der Waals surface area (Å²) in [5.41, 5.74) is 2.36. The van der Waals surface area contributed by atoms with E-state index in [0.29, 0.717) is 16.1 Å². The molecule has 3 aromatic rings. The average Bonchev–Trinajstić information content (AvgIpc) is 3.11. The monoisotopic (exact) mass is 474 g/mol. The maximum atomic E-state index is 12.5. The van der Waals surface area contributed by atoms with Crippen molar-refractivity contribution >= 4 is 49.8 Å². The lowest BCUT2D eigenvalue weighted by Gasteiger charge is -2.08. The van der Waals surface area contributed by atoms with Crippen LogP contribution in [0.5, 0.6) is 0 Å². The molecule has 1 heterocycles. The summed E-state index contributed by atoms with van der Waals surface area (Å²) < 4.78 is 5.81. The van der Waals surface area contributed by atoms with Gasteiger partial charge < -0.3 is 10.1 Å². The Labute approximate surface area is 178 Å². The molecule has 148 valence electrons. The number of benzene rings is 2. The largest absolute Gasteiger partial charge is 0.465 e. The fraction of sp³-hybridized carbons (Fsp3) is 0.100. The van der Waals surface area contributed by atoms with Crippen molar-refractivity contribution in [3.05, 3.63) is 79.6 Å². The van der Waals surface area contributed by atoms with E-state index in [-0.39, 0.29) is 23.6 Å². The van der Waals surface area contributed by atoms with Crippen molar-refractivity contribution in [2.45, 2.75) is 6.42 Å². The molecule has 2 aromatic carbocycles. The molecule has 3 rings (SSSR count). The van der Waals surface area contributed by atoms with Gasteiger partial charge in [-0.1, -0.05) is 40.2 Å². The standard InChI is InChI=1S/C20H15BrN2O5S/c1-28-20(25)18-16(13-4-6-14(21)7-5-13)11-29-19(18)22-17(24)10-12-2-8-15(9-3-12)23(26)27/h2-9,11H,10H2,1H3,(H,22,24). The Kier molecular flexibility index (Phi) is 6.40. The van der Waals surface area contributed by atoms with Crippen LogP contribution in [0.1, 0.15) is 15.9 Å². The number of hydrogen-bond acceptors (Lipinski definition) is 6. The summed E-state index contributed by atoms with van der Waals surface area (Å²) >= 11 is 4.61. The van der Waals surface area contributed by atoms with E-state index >= 15 is 0 Å². The van der Waals surface area contributed by atoms with Gasteiger partial charge >= 0.3 is 5.97 Å². The molecule has 0 saturated carbocycles. The number of non-ortho nitro benzene ring substituents is 1. The summed E-state index contributed by atoms with van der Waals surface area (Å²) in [7, 11) is 1.29. The van der Waals surface area contributed by atoms with Crippen molar-refractivity contribution in [1.29, 1.82) is 0 Å². The van der Waals surface area contributed by atoms with E-state index < -0.39 is 10.9 Å². The zero-order valence-corrected chi connectivity index (χ0v) is 17.6. The maximum absolute atomic E-state index is 12.5. The van der Waals surface area contributed by atoms with Crippen molar-refractivity contribution in [3.63, 3.8) is 0 Å². The molecule has 0 atom stereocenters. The highest BCUT2D eigenvalue weighted by Crippen LogP contribution is 2.36. The number of ether oxygens (including phenoxy) is 1. The lowest BCUT2D eigenvalue weighted by molar-refractivity contribution is -0.384. The van der Waals surface area contributed by atoms with Crippen LogP contribution in [0.15, 0.2) is 58.4 Å². The third-order valence-corrected chi connectivity index (χ3v) is 5.52. The molecule has 0 fully saturated rings. The van der Waals surface area contributed by atoms with E-state index in [1.165, 1.54) is 42.7 Å². The number of methoxy groups -OCH3 is 1. The minimum atomic E-state index is -0.546. The normalized spacial score (nSPS) is 10.4. The third kappa shape index (κ3) is 4.87. The van der Waals surface area contributed by atoms with Gasteiger partial charge in [-0.25, -0.2) is 4.79 Å². The van der Waals surface area contributed by atoms with E-state index in [9.17, 15) is 19.7 Å². The summed E-state index contributed by atoms with van der Waals surface area (Å²) in [4.78, 5) is 35.0. The van der Waals surface area contributed by atoms with Gasteiger partial charge in [-0.2, -0.15) is 0 Å². The zero-order valence-electron chi connectivity index (χ0n) is 15.2. The Bertz CT molecular complexity index is 1060. The average molecular weight is 475 g/mol. The van der Waals surface area contributed by atoms with Crippen LogP contribution >= 0.6 is 27.3 Å². The molecule has 1 N–H and O–H groups in total. The van der Waals surface area contributed by atoms with Gasteiger partial charge in [0.1, 0.15) is 10.6 Å². The first-order valence-corrected chi connectivity index (χ1v) is 10.0. The van der Waals surface area contributed by atoms with Gasteiger partial charge in [-0.15, -0.1) is 11.3 Å². The van der Waals surface area contributed by atoms with E-state index in [1.807, 2.05) is 24.3 Å². The molecule has 0 aliphatic heterocycles.